The number of rotatable bonds is 6. The van der Waals surface area contributed by atoms with Gasteiger partial charge in [-0.3, -0.25) is 4.79 Å². The quantitative estimate of drug-likeness (QED) is 0.312. The van der Waals surface area contributed by atoms with E-state index >= 15 is 0 Å². The number of nitrogens with zero attached hydrogens (tertiary/aromatic N) is 2. The first kappa shape index (κ1) is 24.6. The lowest BCUT2D eigenvalue weighted by molar-refractivity contribution is -0.142. The summed E-state index contributed by atoms with van der Waals surface area (Å²) >= 11 is 7.15. The van der Waals surface area contributed by atoms with Crippen LogP contribution in [0.3, 0.4) is 0 Å². The van der Waals surface area contributed by atoms with Gasteiger partial charge in [-0.25, -0.2) is 4.39 Å². The van der Waals surface area contributed by atoms with Crippen LogP contribution in [0.2, 0.25) is 5.02 Å². The number of benzene rings is 2. The van der Waals surface area contributed by atoms with Gasteiger partial charge in [-0.1, -0.05) is 17.7 Å². The minimum atomic E-state index is -4.87. The third-order valence-corrected chi connectivity index (χ3v) is 5.45. The number of ether oxygens (including phenoxy) is 2. The molecule has 1 aromatic heterocycles. The van der Waals surface area contributed by atoms with Gasteiger partial charge in [0.05, 0.1) is 12.1 Å². The lowest BCUT2D eigenvalue weighted by atomic mass is 10.1. The van der Waals surface area contributed by atoms with Gasteiger partial charge < -0.3 is 14.8 Å². The van der Waals surface area contributed by atoms with E-state index in [2.05, 4.69) is 15.5 Å². The number of aromatic nitrogens is 2. The van der Waals surface area contributed by atoms with E-state index in [0.717, 1.165) is 25.0 Å². The van der Waals surface area contributed by atoms with Crippen molar-refractivity contribution in [2.75, 3.05) is 18.7 Å². The number of amides is 1. The molecule has 0 spiro atoms. The Kier molecular flexibility index (Phi) is 7.33. The first-order valence-corrected chi connectivity index (χ1v) is 10.8. The highest BCUT2D eigenvalue weighted by Crippen LogP contribution is 2.39. The maximum absolute atomic E-state index is 14.3. The van der Waals surface area contributed by atoms with E-state index in [-0.39, 0.29) is 10.8 Å². The average molecular weight is 502 g/mol. The van der Waals surface area contributed by atoms with Crippen LogP contribution in [-0.4, -0.2) is 29.5 Å². The molecule has 2 aromatic carbocycles. The number of carbonyl (C=O) groups excluding carboxylic acids is 1. The molecule has 6 nitrogen and oxygen atoms in total. The van der Waals surface area contributed by atoms with Crippen LogP contribution in [0.25, 0.3) is 0 Å². The summed E-state index contributed by atoms with van der Waals surface area (Å²) in [7, 11) is 1.15. The summed E-state index contributed by atoms with van der Waals surface area (Å²) in [6, 6.07) is 9.09. The maximum Gasteiger partial charge on any atom is 0.435 e. The number of hydrogen-bond acceptors (Lipinski definition) is 6. The monoisotopic (exact) mass is 501 g/mol. The molecule has 3 rings (SSSR count). The number of halogens is 5. The molecule has 0 atom stereocenters. The molecule has 0 aliphatic rings. The topological polar surface area (TPSA) is 73.3 Å². The molecule has 0 unspecified atom stereocenters. The van der Waals surface area contributed by atoms with Crippen molar-refractivity contribution in [2.45, 2.75) is 18.0 Å². The first-order chi connectivity index (χ1) is 15.6. The third-order valence-electron chi connectivity index (χ3n) is 4.43. The van der Waals surface area contributed by atoms with Crippen LogP contribution in [0.1, 0.15) is 21.6 Å². The van der Waals surface area contributed by atoms with Crippen LogP contribution in [-0.2, 0) is 6.18 Å². The standard InChI is InChI=1S/C21H16ClF4N3O3S/c1-10-15(19(30)27-11-5-4-6-12(9-11)33-3)20(29-28-18(10)21(24,25)26)32-14-8-7-13(22)16(23)17(14)31-2/h4-9H,1-3H3,(H,27,30). The van der Waals surface area contributed by atoms with Crippen molar-refractivity contribution in [1.29, 1.82) is 0 Å². The van der Waals surface area contributed by atoms with E-state index < -0.39 is 46.4 Å². The Hall–Kier alpha value is -3.05. The summed E-state index contributed by atoms with van der Waals surface area (Å²) < 4.78 is 65.0. The summed E-state index contributed by atoms with van der Waals surface area (Å²) in [5.74, 6) is -3.12. The van der Waals surface area contributed by atoms with Gasteiger partial charge >= 0.3 is 6.18 Å². The highest BCUT2D eigenvalue weighted by molar-refractivity contribution is 7.98. The minimum absolute atomic E-state index is 0.258. The van der Waals surface area contributed by atoms with Gasteiger partial charge in [-0.2, -0.15) is 13.2 Å². The minimum Gasteiger partial charge on any atom is -0.490 e. The SMILES string of the molecule is COc1c(Oc2nnc(C(F)(F)F)c(C)c2C(=O)Nc2cccc(SC)c2)ccc(Cl)c1F. The van der Waals surface area contributed by atoms with E-state index in [1.54, 1.807) is 24.3 Å². The Morgan fingerprint density at radius 2 is 1.91 bits per heavy atom. The second kappa shape index (κ2) is 9.84. The lowest BCUT2D eigenvalue weighted by Gasteiger charge is -2.17. The van der Waals surface area contributed by atoms with Crippen LogP contribution >= 0.6 is 23.4 Å². The third kappa shape index (κ3) is 5.31. The molecule has 0 fully saturated rings. The zero-order chi connectivity index (χ0) is 24.3. The van der Waals surface area contributed by atoms with Crippen LogP contribution in [0.4, 0.5) is 23.2 Å². The maximum atomic E-state index is 14.3. The summed E-state index contributed by atoms with van der Waals surface area (Å²) in [6.07, 6.45) is -3.04. The molecule has 0 saturated heterocycles. The predicted octanol–water partition coefficient (Wildman–Crippen LogP) is 6.37. The summed E-state index contributed by atoms with van der Waals surface area (Å²) in [6.45, 7) is 1.07. The highest BCUT2D eigenvalue weighted by atomic mass is 35.5. The van der Waals surface area contributed by atoms with Crippen molar-refractivity contribution in [1.82, 2.24) is 10.2 Å². The molecule has 3 aromatic rings. The van der Waals surface area contributed by atoms with Crippen molar-refractivity contribution in [3.63, 3.8) is 0 Å². The zero-order valence-electron chi connectivity index (χ0n) is 17.4. The van der Waals surface area contributed by atoms with Crippen LogP contribution in [0.5, 0.6) is 17.4 Å². The van der Waals surface area contributed by atoms with Crippen molar-refractivity contribution in [3.05, 3.63) is 64.1 Å². The second-order valence-corrected chi connectivity index (χ2v) is 7.82. The number of anilines is 1. The smallest absolute Gasteiger partial charge is 0.435 e. The summed E-state index contributed by atoms with van der Waals surface area (Å²) in [4.78, 5) is 13.9. The molecule has 1 heterocycles. The van der Waals surface area contributed by atoms with Crippen LogP contribution in [0, 0.1) is 12.7 Å². The number of thioether (sulfide) groups is 1. The van der Waals surface area contributed by atoms with Crippen molar-refractivity contribution < 1.29 is 31.8 Å². The van der Waals surface area contributed by atoms with Gasteiger partial charge in [0.1, 0.15) is 5.56 Å². The van der Waals surface area contributed by atoms with E-state index in [1.165, 1.54) is 17.8 Å². The Labute approximate surface area is 195 Å². The number of methoxy groups -OCH3 is 1. The van der Waals surface area contributed by atoms with Crippen molar-refractivity contribution in [2.24, 2.45) is 0 Å². The molecular formula is C21H16ClF4N3O3S. The summed E-state index contributed by atoms with van der Waals surface area (Å²) in [5.41, 5.74) is -2.05. The molecule has 0 radical (unpaired) electrons. The normalized spacial score (nSPS) is 11.3. The molecule has 174 valence electrons. The Bertz CT molecular complexity index is 1210. The molecule has 0 bridgehead atoms. The van der Waals surface area contributed by atoms with Gasteiger partial charge in [0, 0.05) is 10.6 Å². The van der Waals surface area contributed by atoms with E-state index in [1.807, 2.05) is 6.26 Å². The number of alkyl halides is 3. The molecular weight excluding hydrogens is 486 g/mol. The molecule has 0 aliphatic heterocycles. The second-order valence-electron chi connectivity index (χ2n) is 6.53. The number of nitrogens with one attached hydrogen (secondary N) is 1. The molecule has 1 amide bonds. The number of carbonyl (C=O) groups is 1. The van der Waals surface area contributed by atoms with Gasteiger partial charge in [0.15, 0.2) is 23.0 Å². The van der Waals surface area contributed by atoms with Crippen molar-refractivity contribution in [3.8, 4) is 17.4 Å². The fourth-order valence-corrected chi connectivity index (χ4v) is 3.50. The molecule has 0 saturated carbocycles. The Morgan fingerprint density at radius 1 is 1.18 bits per heavy atom. The largest absolute Gasteiger partial charge is 0.490 e. The van der Waals surface area contributed by atoms with Gasteiger partial charge in [0.25, 0.3) is 11.8 Å². The molecule has 33 heavy (non-hydrogen) atoms. The number of hydrogen-bond donors (Lipinski definition) is 1. The molecule has 0 aliphatic carbocycles. The average Bonchev–Trinajstić information content (AvgIpc) is 2.75. The van der Waals surface area contributed by atoms with Gasteiger partial charge in [-0.15, -0.1) is 22.0 Å². The molecule has 12 heteroatoms. The predicted molar refractivity (Wildman–Crippen MR) is 116 cm³/mol. The van der Waals surface area contributed by atoms with Gasteiger partial charge in [0.2, 0.25) is 0 Å². The van der Waals surface area contributed by atoms with E-state index in [9.17, 15) is 22.4 Å². The summed E-state index contributed by atoms with van der Waals surface area (Å²) in [5, 5.41) is 8.90. The first-order valence-electron chi connectivity index (χ1n) is 9.16. The highest BCUT2D eigenvalue weighted by Gasteiger charge is 2.38. The van der Waals surface area contributed by atoms with Crippen LogP contribution in [0.15, 0.2) is 41.3 Å². The van der Waals surface area contributed by atoms with E-state index in [4.69, 9.17) is 21.1 Å². The fourth-order valence-electron chi connectivity index (χ4n) is 2.89. The van der Waals surface area contributed by atoms with Crippen molar-refractivity contribution >= 4 is 35.0 Å². The van der Waals surface area contributed by atoms with E-state index in [0.29, 0.717) is 5.69 Å². The Morgan fingerprint density at radius 3 is 2.55 bits per heavy atom. The van der Waals surface area contributed by atoms with Crippen LogP contribution < -0.4 is 14.8 Å². The fraction of sp³-hybridized carbons (Fsp3) is 0.190. The zero-order valence-corrected chi connectivity index (χ0v) is 19.0. The Balaban J connectivity index is 2.10. The lowest BCUT2D eigenvalue weighted by Crippen LogP contribution is -2.21. The van der Waals surface area contributed by atoms with Gasteiger partial charge in [-0.05, 0) is 49.1 Å². The molecule has 1 N–H and O–H groups in total.